The maximum atomic E-state index is 11.1. The second kappa shape index (κ2) is 7.31. The fourth-order valence-corrected chi connectivity index (χ4v) is 4.23. The summed E-state index contributed by atoms with van der Waals surface area (Å²) in [6.45, 7) is 3.60. The molecule has 0 radical (unpaired) electrons. The number of thioether (sulfide) groups is 1. The van der Waals surface area contributed by atoms with E-state index >= 15 is 0 Å². The van der Waals surface area contributed by atoms with Gasteiger partial charge in [0, 0.05) is 4.91 Å². The molecule has 14 heteroatoms. The Balaban J connectivity index is 1.79. The Kier molecular flexibility index (Phi) is 4.96. The maximum Gasteiger partial charge on any atom is 0.313 e. The van der Waals surface area contributed by atoms with Crippen LogP contribution in [0.5, 0.6) is 0 Å². The molecule has 1 unspecified atom stereocenters. The number of rotatable bonds is 6. The molecule has 0 saturated carbocycles. The highest BCUT2D eigenvalue weighted by Crippen LogP contribution is 2.45. The molecule has 0 aromatic carbocycles. The summed E-state index contributed by atoms with van der Waals surface area (Å²) in [6.07, 6.45) is -1.05. The van der Waals surface area contributed by atoms with E-state index in [0.717, 1.165) is 11.8 Å². The van der Waals surface area contributed by atoms with Gasteiger partial charge in [0.05, 0.1) is 18.4 Å². The van der Waals surface area contributed by atoms with E-state index < -0.39 is 36.3 Å². The molecule has 2 aromatic heterocycles. The number of azide groups is 1. The number of aromatic nitrogens is 4. The van der Waals surface area contributed by atoms with Crippen LogP contribution in [0.15, 0.2) is 16.6 Å². The summed E-state index contributed by atoms with van der Waals surface area (Å²) in [5.41, 5.74) is 15.3. The van der Waals surface area contributed by atoms with E-state index in [0.29, 0.717) is 16.3 Å². The van der Waals surface area contributed by atoms with Crippen molar-refractivity contribution in [1.29, 1.82) is 0 Å². The van der Waals surface area contributed by atoms with Crippen LogP contribution in [0.4, 0.5) is 5.82 Å². The van der Waals surface area contributed by atoms with Crippen molar-refractivity contribution in [2.75, 3.05) is 18.0 Å². The van der Waals surface area contributed by atoms with Crippen LogP contribution in [-0.4, -0.2) is 67.0 Å². The number of nitrogens with two attached hydrogens (primary N) is 1. The first-order chi connectivity index (χ1) is 13.8. The monoisotopic (exact) mass is 422 g/mol. The highest BCUT2D eigenvalue weighted by molar-refractivity contribution is 7.99. The molecule has 2 aromatic rings. The van der Waals surface area contributed by atoms with Crippen LogP contribution in [0.3, 0.4) is 0 Å². The van der Waals surface area contributed by atoms with Gasteiger partial charge in [0.2, 0.25) is 0 Å². The van der Waals surface area contributed by atoms with E-state index in [1.807, 2.05) is 0 Å². The minimum atomic E-state index is -0.999. The van der Waals surface area contributed by atoms with Gasteiger partial charge in [0.25, 0.3) is 0 Å². The molecular weight excluding hydrogens is 404 g/mol. The second-order valence-corrected chi connectivity index (χ2v) is 7.86. The van der Waals surface area contributed by atoms with Gasteiger partial charge in [0.1, 0.15) is 18.5 Å². The fourth-order valence-electron chi connectivity index (χ4n) is 3.49. The zero-order valence-corrected chi connectivity index (χ0v) is 16.3. The van der Waals surface area contributed by atoms with Gasteiger partial charge < -0.3 is 25.1 Å². The van der Waals surface area contributed by atoms with E-state index in [4.69, 9.17) is 30.6 Å². The lowest BCUT2D eigenvalue weighted by molar-refractivity contribution is -0.195. The molecule has 0 amide bonds. The van der Waals surface area contributed by atoms with E-state index in [1.54, 1.807) is 18.4 Å². The molecule has 2 aliphatic rings. The third-order valence-electron chi connectivity index (χ3n) is 4.50. The maximum absolute atomic E-state index is 11.1. The third kappa shape index (κ3) is 3.56. The quantitative estimate of drug-likeness (QED) is 0.298. The first-order valence-corrected chi connectivity index (χ1v) is 9.64. The normalized spacial score (nSPS) is 27.7. The SMILES string of the molecule is CC1(C)OC2[C@@H](CN=[N+]=[N-])O[C@@H](n3c(SCC(=O)O)nc4c(N)ncnc43)[C@H]2O1. The van der Waals surface area contributed by atoms with Gasteiger partial charge >= 0.3 is 5.97 Å². The number of carboxylic acids is 1. The number of fused-ring (bicyclic) bond motifs is 2. The van der Waals surface area contributed by atoms with Crippen molar-refractivity contribution < 1.29 is 24.1 Å². The highest BCUT2D eigenvalue weighted by atomic mass is 32.2. The lowest BCUT2D eigenvalue weighted by Gasteiger charge is -2.25. The van der Waals surface area contributed by atoms with Crippen molar-refractivity contribution in [2.45, 2.75) is 49.3 Å². The number of nitrogens with zero attached hydrogens (tertiary/aromatic N) is 7. The average Bonchev–Trinajstić information content (AvgIpc) is 3.27. The van der Waals surface area contributed by atoms with Crippen LogP contribution in [0.25, 0.3) is 21.6 Å². The molecule has 4 rings (SSSR count). The molecule has 2 saturated heterocycles. The summed E-state index contributed by atoms with van der Waals surface area (Å²) < 4.78 is 19.8. The Hall–Kier alpha value is -2.64. The molecule has 13 nitrogen and oxygen atoms in total. The Labute approximate surface area is 168 Å². The largest absolute Gasteiger partial charge is 0.481 e. The topological polar surface area (TPSA) is 183 Å². The standard InChI is InChI=1S/C15H18N8O5S/c1-15(2)27-9-6(3-20-22-17)26-13(10(9)28-15)23-12-8(11(16)18-5-19-12)21-14(23)29-4-7(24)25/h5-6,9-10,13H,3-4H2,1-2H3,(H,24,25)(H2,16,18,19)/t6-,9?,10+,13-/m1/s1. The molecule has 2 aliphatic heterocycles. The van der Waals surface area contributed by atoms with Crippen molar-refractivity contribution in [3.8, 4) is 0 Å². The zero-order chi connectivity index (χ0) is 20.8. The van der Waals surface area contributed by atoms with Crippen molar-refractivity contribution in [3.63, 3.8) is 0 Å². The zero-order valence-electron chi connectivity index (χ0n) is 15.5. The van der Waals surface area contributed by atoms with Crippen molar-refractivity contribution in [3.05, 3.63) is 16.8 Å². The molecule has 0 bridgehead atoms. The predicted molar refractivity (Wildman–Crippen MR) is 99.8 cm³/mol. The summed E-state index contributed by atoms with van der Waals surface area (Å²) in [5, 5.41) is 13.0. The number of hydrogen-bond donors (Lipinski definition) is 2. The number of nitrogen functional groups attached to an aromatic ring is 1. The average molecular weight is 422 g/mol. The fraction of sp³-hybridized carbons (Fsp3) is 0.600. The van der Waals surface area contributed by atoms with Gasteiger partial charge in [-0.1, -0.05) is 16.9 Å². The second-order valence-electron chi connectivity index (χ2n) is 6.92. The van der Waals surface area contributed by atoms with E-state index in [1.165, 1.54) is 6.33 Å². The van der Waals surface area contributed by atoms with Crippen LogP contribution in [0.2, 0.25) is 0 Å². The van der Waals surface area contributed by atoms with E-state index in [2.05, 4.69) is 25.0 Å². The number of ether oxygens (including phenoxy) is 3. The van der Waals surface area contributed by atoms with Crippen LogP contribution >= 0.6 is 11.8 Å². The van der Waals surface area contributed by atoms with Crippen molar-refractivity contribution >= 4 is 34.7 Å². The minimum Gasteiger partial charge on any atom is -0.481 e. The minimum absolute atomic E-state index is 0.0506. The number of anilines is 1. The molecule has 29 heavy (non-hydrogen) atoms. The van der Waals surface area contributed by atoms with E-state index in [-0.39, 0.29) is 18.1 Å². The van der Waals surface area contributed by atoms with Gasteiger partial charge in [-0.3, -0.25) is 9.36 Å². The van der Waals surface area contributed by atoms with E-state index in [9.17, 15) is 4.79 Å². The molecule has 4 heterocycles. The summed E-state index contributed by atoms with van der Waals surface area (Å²) in [4.78, 5) is 26.5. The van der Waals surface area contributed by atoms with Crippen LogP contribution in [0.1, 0.15) is 20.1 Å². The Morgan fingerprint density at radius 3 is 2.93 bits per heavy atom. The first-order valence-electron chi connectivity index (χ1n) is 8.65. The van der Waals surface area contributed by atoms with Gasteiger partial charge in [-0.2, -0.15) is 0 Å². The molecule has 154 valence electrons. The van der Waals surface area contributed by atoms with Crippen LogP contribution < -0.4 is 5.73 Å². The lowest BCUT2D eigenvalue weighted by Crippen LogP contribution is -2.31. The van der Waals surface area contributed by atoms with Crippen LogP contribution in [-0.2, 0) is 19.0 Å². The predicted octanol–water partition coefficient (Wildman–Crippen LogP) is 1.31. The summed E-state index contributed by atoms with van der Waals surface area (Å²) in [6, 6.07) is 0. The smallest absolute Gasteiger partial charge is 0.313 e. The lowest BCUT2D eigenvalue weighted by atomic mass is 10.1. The summed E-state index contributed by atoms with van der Waals surface area (Å²) >= 11 is 1.00. The molecule has 3 N–H and O–H groups in total. The Morgan fingerprint density at radius 1 is 1.45 bits per heavy atom. The number of aliphatic carboxylic acids is 1. The van der Waals surface area contributed by atoms with Gasteiger partial charge in [-0.25, -0.2) is 15.0 Å². The first kappa shape index (κ1) is 19.7. The molecule has 0 aliphatic carbocycles. The van der Waals surface area contributed by atoms with Gasteiger partial charge in [0.15, 0.2) is 34.2 Å². The van der Waals surface area contributed by atoms with Crippen molar-refractivity contribution in [2.24, 2.45) is 5.11 Å². The van der Waals surface area contributed by atoms with Crippen molar-refractivity contribution in [1.82, 2.24) is 19.5 Å². The van der Waals surface area contributed by atoms with Crippen LogP contribution in [0, 0.1) is 0 Å². The number of carboxylic acid groups (broad SMARTS) is 1. The molecule has 0 spiro atoms. The molecule has 2 fully saturated rings. The molecular formula is C15H18N8O5S. The number of imidazole rings is 1. The Bertz CT molecular complexity index is 1010. The van der Waals surface area contributed by atoms with Gasteiger partial charge in [-0.15, -0.1) is 0 Å². The third-order valence-corrected chi connectivity index (χ3v) is 5.44. The number of carbonyl (C=O) groups is 1. The summed E-state index contributed by atoms with van der Waals surface area (Å²) in [5.74, 6) is -1.93. The molecule has 4 atom stereocenters. The highest BCUT2D eigenvalue weighted by Gasteiger charge is 2.56. The number of hydrogen-bond acceptors (Lipinski definition) is 10. The summed E-state index contributed by atoms with van der Waals surface area (Å²) in [7, 11) is 0. The van der Waals surface area contributed by atoms with Gasteiger partial charge in [-0.05, 0) is 19.4 Å². The Morgan fingerprint density at radius 2 is 2.21 bits per heavy atom.